The monoisotopic (exact) mass is 210 g/mol. The van der Waals surface area contributed by atoms with Crippen molar-refractivity contribution in [1.82, 2.24) is 9.55 Å². The maximum absolute atomic E-state index is 11.7. The van der Waals surface area contributed by atoms with Gasteiger partial charge in [0.1, 0.15) is 0 Å². The van der Waals surface area contributed by atoms with E-state index in [2.05, 4.69) is 11.9 Å². The predicted octanol–water partition coefficient (Wildman–Crippen LogP) is 1.11. The van der Waals surface area contributed by atoms with Gasteiger partial charge in [0.05, 0.1) is 0 Å². The van der Waals surface area contributed by atoms with Crippen molar-refractivity contribution in [3.63, 3.8) is 0 Å². The number of H-pyrrole nitrogens is 1. The van der Waals surface area contributed by atoms with E-state index in [9.17, 15) is 9.59 Å². The Morgan fingerprint density at radius 2 is 1.93 bits per heavy atom. The standard InChI is InChI=1S/C11H18N2O2/c1-4-5-6-7-9-8(2)12-11(15)13(3)10(9)14/h4-7H2,1-3H3,(H,12,15). The molecule has 4 heteroatoms. The van der Waals surface area contributed by atoms with Crippen LogP contribution in [0.3, 0.4) is 0 Å². The normalized spacial score (nSPS) is 10.6. The molecular weight excluding hydrogens is 192 g/mol. The van der Waals surface area contributed by atoms with E-state index < -0.39 is 0 Å². The lowest BCUT2D eigenvalue weighted by atomic mass is 10.1. The summed E-state index contributed by atoms with van der Waals surface area (Å²) in [5, 5.41) is 0. The van der Waals surface area contributed by atoms with Crippen LogP contribution in [0.1, 0.15) is 37.4 Å². The van der Waals surface area contributed by atoms with Crippen LogP contribution >= 0.6 is 0 Å². The molecule has 0 aromatic carbocycles. The summed E-state index contributed by atoms with van der Waals surface area (Å²) in [7, 11) is 1.50. The molecule has 1 N–H and O–H groups in total. The van der Waals surface area contributed by atoms with Gasteiger partial charge in [-0.25, -0.2) is 4.79 Å². The van der Waals surface area contributed by atoms with Crippen molar-refractivity contribution in [2.45, 2.75) is 39.5 Å². The van der Waals surface area contributed by atoms with E-state index >= 15 is 0 Å². The molecule has 0 fully saturated rings. The molecule has 0 spiro atoms. The van der Waals surface area contributed by atoms with Crippen molar-refractivity contribution in [2.24, 2.45) is 7.05 Å². The molecule has 0 amide bonds. The summed E-state index contributed by atoms with van der Waals surface area (Å²) in [6.45, 7) is 3.90. The Labute approximate surface area is 89.0 Å². The number of unbranched alkanes of at least 4 members (excludes halogenated alkanes) is 2. The maximum Gasteiger partial charge on any atom is 0.328 e. The summed E-state index contributed by atoms with van der Waals surface area (Å²) in [5.41, 5.74) is 0.953. The number of hydrogen-bond acceptors (Lipinski definition) is 2. The Balaban J connectivity index is 3.03. The first-order valence-electron chi connectivity index (χ1n) is 5.36. The minimum absolute atomic E-state index is 0.160. The molecule has 15 heavy (non-hydrogen) atoms. The molecule has 1 rings (SSSR count). The van der Waals surface area contributed by atoms with Gasteiger partial charge in [-0.15, -0.1) is 0 Å². The first-order valence-corrected chi connectivity index (χ1v) is 5.36. The van der Waals surface area contributed by atoms with Crippen molar-refractivity contribution in [2.75, 3.05) is 0 Å². The van der Waals surface area contributed by atoms with Crippen LogP contribution in [-0.4, -0.2) is 9.55 Å². The molecule has 0 aliphatic carbocycles. The molecule has 1 aromatic heterocycles. The minimum Gasteiger partial charge on any atom is -0.311 e. The van der Waals surface area contributed by atoms with Gasteiger partial charge in [-0.3, -0.25) is 9.36 Å². The number of nitrogens with one attached hydrogen (secondary N) is 1. The Kier molecular flexibility index (Phi) is 3.88. The summed E-state index contributed by atoms with van der Waals surface area (Å²) >= 11 is 0. The van der Waals surface area contributed by atoms with Crippen molar-refractivity contribution in [3.05, 3.63) is 32.1 Å². The van der Waals surface area contributed by atoms with Gasteiger partial charge < -0.3 is 4.98 Å². The van der Waals surface area contributed by atoms with Crippen LogP contribution in [0.4, 0.5) is 0 Å². The molecule has 4 nitrogen and oxygen atoms in total. The van der Waals surface area contributed by atoms with E-state index in [0.717, 1.165) is 35.8 Å². The second kappa shape index (κ2) is 4.96. The van der Waals surface area contributed by atoms with E-state index in [1.807, 2.05) is 0 Å². The van der Waals surface area contributed by atoms with E-state index in [4.69, 9.17) is 0 Å². The topological polar surface area (TPSA) is 54.9 Å². The molecule has 0 radical (unpaired) electrons. The molecule has 0 aliphatic heterocycles. The highest BCUT2D eigenvalue weighted by molar-refractivity contribution is 5.15. The van der Waals surface area contributed by atoms with Gasteiger partial charge in [0, 0.05) is 18.3 Å². The average molecular weight is 210 g/mol. The van der Waals surface area contributed by atoms with Gasteiger partial charge in [0.25, 0.3) is 5.56 Å². The van der Waals surface area contributed by atoms with Crippen LogP contribution in [0.15, 0.2) is 9.59 Å². The molecule has 84 valence electrons. The lowest BCUT2D eigenvalue weighted by Crippen LogP contribution is -2.35. The third kappa shape index (κ3) is 2.58. The second-order valence-corrected chi connectivity index (χ2v) is 3.85. The summed E-state index contributed by atoms with van der Waals surface area (Å²) < 4.78 is 1.13. The van der Waals surface area contributed by atoms with Gasteiger partial charge in [0.2, 0.25) is 0 Å². The highest BCUT2D eigenvalue weighted by Gasteiger charge is 2.07. The molecule has 0 unspecified atom stereocenters. The van der Waals surface area contributed by atoms with E-state index in [1.165, 1.54) is 7.05 Å². The fraction of sp³-hybridized carbons (Fsp3) is 0.636. The van der Waals surface area contributed by atoms with Crippen molar-refractivity contribution in [3.8, 4) is 0 Å². The van der Waals surface area contributed by atoms with Crippen molar-refractivity contribution < 1.29 is 0 Å². The fourth-order valence-corrected chi connectivity index (χ4v) is 1.62. The summed E-state index contributed by atoms with van der Waals surface area (Å²) in [6, 6.07) is 0. The largest absolute Gasteiger partial charge is 0.328 e. The highest BCUT2D eigenvalue weighted by Crippen LogP contribution is 2.04. The third-order valence-corrected chi connectivity index (χ3v) is 2.64. The van der Waals surface area contributed by atoms with Crippen LogP contribution in [0.2, 0.25) is 0 Å². The molecular formula is C11H18N2O2. The van der Waals surface area contributed by atoms with Crippen LogP contribution < -0.4 is 11.2 Å². The zero-order valence-electron chi connectivity index (χ0n) is 9.59. The number of aromatic amines is 1. The number of hydrogen-bond donors (Lipinski definition) is 1. The molecule has 1 heterocycles. The van der Waals surface area contributed by atoms with Crippen molar-refractivity contribution >= 4 is 0 Å². The highest BCUT2D eigenvalue weighted by atomic mass is 16.2. The number of aryl methyl sites for hydroxylation is 1. The maximum atomic E-state index is 11.7. The zero-order valence-corrected chi connectivity index (χ0v) is 9.59. The average Bonchev–Trinajstić information content (AvgIpc) is 2.20. The molecule has 0 saturated heterocycles. The Hall–Kier alpha value is -1.32. The summed E-state index contributed by atoms with van der Waals surface area (Å²) in [5.74, 6) is 0. The smallest absolute Gasteiger partial charge is 0.311 e. The van der Waals surface area contributed by atoms with Gasteiger partial charge in [-0.05, 0) is 19.8 Å². The summed E-state index contributed by atoms with van der Waals surface area (Å²) in [4.78, 5) is 25.7. The van der Waals surface area contributed by atoms with Crippen molar-refractivity contribution in [1.29, 1.82) is 0 Å². The summed E-state index contributed by atoms with van der Waals surface area (Å²) in [6.07, 6.45) is 3.99. The third-order valence-electron chi connectivity index (χ3n) is 2.64. The van der Waals surface area contributed by atoms with Crippen LogP contribution in [0, 0.1) is 6.92 Å². The Bertz CT molecular complexity index is 443. The molecule has 0 saturated carbocycles. The first kappa shape index (κ1) is 11.8. The second-order valence-electron chi connectivity index (χ2n) is 3.85. The Morgan fingerprint density at radius 1 is 1.27 bits per heavy atom. The molecule has 0 atom stereocenters. The molecule has 0 aliphatic rings. The first-order chi connectivity index (χ1) is 7.07. The SMILES string of the molecule is CCCCCc1c(C)[nH]c(=O)n(C)c1=O. The predicted molar refractivity (Wildman–Crippen MR) is 60.3 cm³/mol. The number of aromatic nitrogens is 2. The van der Waals surface area contributed by atoms with Crippen LogP contribution in [-0.2, 0) is 13.5 Å². The Morgan fingerprint density at radius 3 is 2.53 bits per heavy atom. The van der Waals surface area contributed by atoms with Crippen LogP contribution in [0.5, 0.6) is 0 Å². The molecule has 1 aromatic rings. The minimum atomic E-state index is -0.336. The van der Waals surface area contributed by atoms with E-state index in [-0.39, 0.29) is 11.2 Å². The van der Waals surface area contributed by atoms with Crippen LogP contribution in [0.25, 0.3) is 0 Å². The lowest BCUT2D eigenvalue weighted by Gasteiger charge is -2.06. The zero-order chi connectivity index (χ0) is 11.4. The van der Waals surface area contributed by atoms with Gasteiger partial charge >= 0.3 is 5.69 Å². The number of rotatable bonds is 4. The molecule has 0 bridgehead atoms. The quantitative estimate of drug-likeness (QED) is 0.757. The number of nitrogens with zero attached hydrogens (tertiary/aromatic N) is 1. The van der Waals surface area contributed by atoms with Gasteiger partial charge in [0.15, 0.2) is 0 Å². The van der Waals surface area contributed by atoms with Gasteiger partial charge in [-0.1, -0.05) is 19.8 Å². The lowest BCUT2D eigenvalue weighted by molar-refractivity contribution is 0.682. The fourth-order valence-electron chi connectivity index (χ4n) is 1.62. The van der Waals surface area contributed by atoms with E-state index in [0.29, 0.717) is 5.69 Å². The van der Waals surface area contributed by atoms with E-state index in [1.54, 1.807) is 6.92 Å². The van der Waals surface area contributed by atoms with Gasteiger partial charge in [-0.2, -0.15) is 0 Å².